The highest BCUT2D eigenvalue weighted by atomic mass is 31.0. The van der Waals surface area contributed by atoms with E-state index in [2.05, 4.69) is 14.4 Å². The van der Waals surface area contributed by atoms with Crippen LogP contribution in [0.1, 0.15) is 50.5 Å². The molecule has 3 aliphatic rings. The van der Waals surface area contributed by atoms with Gasteiger partial charge in [0.25, 0.3) is 0 Å². The summed E-state index contributed by atoms with van der Waals surface area (Å²) in [6.45, 7) is 3.50. The van der Waals surface area contributed by atoms with Crippen LogP contribution < -0.4 is 0 Å². The van der Waals surface area contributed by atoms with Crippen molar-refractivity contribution in [2.75, 3.05) is 26.4 Å². The lowest BCUT2D eigenvalue weighted by molar-refractivity contribution is -0.143. The van der Waals surface area contributed by atoms with Crippen molar-refractivity contribution in [1.29, 1.82) is 0 Å². The number of rotatable bonds is 6. The Morgan fingerprint density at radius 3 is 2.68 bits per heavy atom. The molecule has 28 heavy (non-hydrogen) atoms. The first-order chi connectivity index (χ1) is 13.7. The molecule has 1 aromatic carbocycles. The van der Waals surface area contributed by atoms with E-state index in [1.807, 2.05) is 35.2 Å². The van der Waals surface area contributed by atoms with Crippen LogP contribution in [0.15, 0.2) is 30.3 Å². The monoisotopic (exact) mass is 404 g/mol. The topological polar surface area (TPSA) is 42.0 Å². The Hall–Kier alpha value is -1.00. The van der Waals surface area contributed by atoms with Crippen molar-refractivity contribution in [3.05, 3.63) is 35.9 Å². The van der Waals surface area contributed by atoms with E-state index < -0.39 is 0 Å². The summed E-state index contributed by atoms with van der Waals surface area (Å²) >= 11 is 0. The smallest absolute Gasteiger partial charge is 0.229 e. The molecule has 5 nitrogen and oxygen atoms in total. The summed E-state index contributed by atoms with van der Waals surface area (Å²) in [4.78, 5) is 17.9. The molecule has 2 aliphatic heterocycles. The summed E-state index contributed by atoms with van der Waals surface area (Å²) in [7, 11) is 2.32. The molecular weight excluding hydrogens is 371 g/mol. The number of hydrogen-bond donors (Lipinski definition) is 0. The lowest BCUT2D eigenvalue weighted by atomic mass is 9.76. The van der Waals surface area contributed by atoms with E-state index in [0.717, 1.165) is 44.5 Å². The van der Waals surface area contributed by atoms with Gasteiger partial charge < -0.3 is 14.2 Å². The maximum Gasteiger partial charge on any atom is 0.229 e. The first kappa shape index (κ1) is 20.3. The van der Waals surface area contributed by atoms with Gasteiger partial charge in [0.15, 0.2) is 0 Å². The van der Waals surface area contributed by atoms with Crippen LogP contribution in [-0.2, 0) is 20.5 Å². The molecule has 154 valence electrons. The van der Waals surface area contributed by atoms with E-state index in [9.17, 15) is 4.79 Å². The molecule has 1 spiro atoms. The number of carbonyl (C=O) groups is 1. The second-order valence-corrected chi connectivity index (χ2v) is 8.91. The largest absolute Gasteiger partial charge is 0.375 e. The van der Waals surface area contributed by atoms with Gasteiger partial charge in [-0.15, -0.1) is 0 Å². The molecule has 4 unspecified atom stereocenters. The van der Waals surface area contributed by atoms with Crippen molar-refractivity contribution in [3.63, 3.8) is 0 Å². The van der Waals surface area contributed by atoms with E-state index in [-0.39, 0.29) is 17.6 Å². The number of nitrogens with zero attached hydrogens (tertiary/aromatic N) is 2. The third kappa shape index (κ3) is 4.43. The van der Waals surface area contributed by atoms with E-state index >= 15 is 0 Å². The summed E-state index contributed by atoms with van der Waals surface area (Å²) in [5.41, 5.74) is 1.10. The normalized spacial score (nSPS) is 30.8. The molecule has 0 bridgehead atoms. The molecular formula is C22H33N2O3P. The van der Waals surface area contributed by atoms with E-state index in [1.54, 1.807) is 0 Å². The van der Waals surface area contributed by atoms with Crippen molar-refractivity contribution < 1.29 is 14.1 Å². The van der Waals surface area contributed by atoms with Gasteiger partial charge in [0, 0.05) is 28.2 Å². The molecule has 1 aliphatic carbocycles. The fourth-order valence-corrected chi connectivity index (χ4v) is 5.61. The number of ether oxygens (including phenoxy) is 1. The molecule has 3 fully saturated rings. The fraction of sp³-hybridized carbons (Fsp3) is 0.682. The molecule has 6 heteroatoms. The second-order valence-electron chi connectivity index (χ2n) is 8.58. The van der Waals surface area contributed by atoms with Crippen LogP contribution in [0.4, 0.5) is 0 Å². The maximum absolute atomic E-state index is 13.3. The van der Waals surface area contributed by atoms with Gasteiger partial charge in [-0.3, -0.25) is 9.69 Å². The predicted octanol–water partition coefficient (Wildman–Crippen LogP) is 3.39. The van der Waals surface area contributed by atoms with Crippen molar-refractivity contribution in [3.8, 4) is 0 Å². The van der Waals surface area contributed by atoms with Gasteiger partial charge in [-0.05, 0) is 63.6 Å². The van der Waals surface area contributed by atoms with Crippen LogP contribution in [0.2, 0.25) is 0 Å². The lowest BCUT2D eigenvalue weighted by Crippen LogP contribution is -2.59. The van der Waals surface area contributed by atoms with Crippen molar-refractivity contribution in [1.82, 2.24) is 9.80 Å². The second kappa shape index (κ2) is 9.21. The van der Waals surface area contributed by atoms with Crippen LogP contribution in [0.5, 0.6) is 0 Å². The zero-order chi connectivity index (χ0) is 19.4. The number of likely N-dealkylation sites (tertiary alicyclic amines) is 1. The molecule has 2 saturated heterocycles. The van der Waals surface area contributed by atoms with Gasteiger partial charge in [0.1, 0.15) is 6.73 Å². The van der Waals surface area contributed by atoms with Crippen molar-refractivity contribution in [2.24, 2.45) is 0 Å². The minimum Gasteiger partial charge on any atom is -0.375 e. The summed E-state index contributed by atoms with van der Waals surface area (Å²) < 4.78 is 11.7. The summed E-state index contributed by atoms with van der Waals surface area (Å²) in [6, 6.07) is 10.6. The molecule has 1 aromatic rings. The molecule has 1 saturated carbocycles. The van der Waals surface area contributed by atoms with Crippen LogP contribution >= 0.6 is 9.47 Å². The zero-order valence-corrected chi connectivity index (χ0v) is 17.9. The molecule has 4 atom stereocenters. The molecule has 0 N–H and O–H groups in total. The highest BCUT2D eigenvalue weighted by Gasteiger charge is 2.48. The average molecular weight is 404 g/mol. The fourth-order valence-electron chi connectivity index (χ4n) is 5.45. The van der Waals surface area contributed by atoms with Crippen LogP contribution in [0.25, 0.3) is 0 Å². The van der Waals surface area contributed by atoms with Crippen LogP contribution in [0.3, 0.4) is 0 Å². The Labute approximate surface area is 171 Å². The van der Waals surface area contributed by atoms with E-state index in [1.165, 1.54) is 25.7 Å². The third-order valence-electron chi connectivity index (χ3n) is 6.85. The Morgan fingerprint density at radius 1 is 1.21 bits per heavy atom. The number of carbonyl (C=O) groups excluding carboxylic acids is 1. The number of benzene rings is 1. The zero-order valence-electron chi connectivity index (χ0n) is 16.7. The van der Waals surface area contributed by atoms with Gasteiger partial charge >= 0.3 is 0 Å². The van der Waals surface area contributed by atoms with E-state index in [4.69, 9.17) is 9.26 Å². The highest BCUT2D eigenvalue weighted by molar-refractivity contribution is 7.09. The van der Waals surface area contributed by atoms with Gasteiger partial charge in [-0.1, -0.05) is 30.3 Å². The lowest BCUT2D eigenvalue weighted by Gasteiger charge is -2.49. The van der Waals surface area contributed by atoms with Crippen LogP contribution in [-0.4, -0.2) is 59.8 Å². The maximum atomic E-state index is 13.3. The molecule has 0 radical (unpaired) electrons. The SMILES string of the molecule is O=C(Cc1ccccc1)N(COP)C1CCC2(CCCO2)CC1N1CCCC1. The highest BCUT2D eigenvalue weighted by Crippen LogP contribution is 2.43. The Kier molecular flexibility index (Phi) is 6.67. The summed E-state index contributed by atoms with van der Waals surface area (Å²) in [6.07, 6.45) is 8.38. The average Bonchev–Trinajstić information content (AvgIpc) is 3.40. The van der Waals surface area contributed by atoms with Gasteiger partial charge in [-0.2, -0.15) is 0 Å². The molecule has 1 amide bonds. The Bertz CT molecular complexity index is 644. The minimum atomic E-state index is 0.0414. The summed E-state index contributed by atoms with van der Waals surface area (Å²) in [5.74, 6) is 0.158. The van der Waals surface area contributed by atoms with Crippen molar-refractivity contribution in [2.45, 2.75) is 69.1 Å². The summed E-state index contributed by atoms with van der Waals surface area (Å²) in [5, 5.41) is 0. The van der Waals surface area contributed by atoms with E-state index in [0.29, 0.717) is 19.2 Å². The molecule has 0 aromatic heterocycles. The molecule has 2 heterocycles. The predicted molar refractivity (Wildman–Crippen MR) is 113 cm³/mol. The first-order valence-electron chi connectivity index (χ1n) is 10.7. The number of hydrogen-bond acceptors (Lipinski definition) is 4. The Balaban J connectivity index is 1.53. The Morgan fingerprint density at radius 2 is 2.00 bits per heavy atom. The minimum absolute atomic E-state index is 0.0414. The quantitative estimate of drug-likeness (QED) is 0.538. The van der Waals surface area contributed by atoms with Gasteiger partial charge in [-0.25, -0.2) is 0 Å². The standard InChI is InChI=1S/C22H33N2O3P/c25-21(15-18-7-2-1-3-8-18)24(17-27-28)19-9-11-22(10-6-14-26-22)16-20(19)23-12-4-5-13-23/h1-3,7-8,19-20H,4-6,9-17,28H2. The van der Waals surface area contributed by atoms with Gasteiger partial charge in [0.2, 0.25) is 5.91 Å². The molecule has 4 rings (SSSR count). The first-order valence-corrected chi connectivity index (χ1v) is 11.2. The third-order valence-corrected chi connectivity index (χ3v) is 7.00. The van der Waals surface area contributed by atoms with Crippen molar-refractivity contribution >= 4 is 15.4 Å². The van der Waals surface area contributed by atoms with Gasteiger partial charge in [0.05, 0.1) is 12.0 Å². The van der Waals surface area contributed by atoms with Crippen LogP contribution in [0, 0.1) is 0 Å². The number of amides is 1.